The first-order valence-corrected chi connectivity index (χ1v) is 13.8. The smallest absolute Gasteiger partial charge is 0.343 e. The summed E-state index contributed by atoms with van der Waals surface area (Å²) in [6.45, 7) is 7.27. The van der Waals surface area contributed by atoms with E-state index < -0.39 is 16.0 Å². The number of benzene rings is 2. The van der Waals surface area contributed by atoms with E-state index in [1.165, 1.54) is 28.6 Å². The third kappa shape index (κ3) is 5.19. The molecule has 3 aromatic rings. The van der Waals surface area contributed by atoms with Gasteiger partial charge in [0, 0.05) is 32.2 Å². The Morgan fingerprint density at radius 3 is 2.43 bits per heavy atom. The van der Waals surface area contributed by atoms with Crippen molar-refractivity contribution in [1.29, 1.82) is 0 Å². The molecular weight excluding hydrogens is 490 g/mol. The summed E-state index contributed by atoms with van der Waals surface area (Å²) in [6, 6.07) is 11.2. The molecule has 0 aliphatic carbocycles. The monoisotopic (exact) mass is 517 g/mol. The molecule has 0 amide bonds. The van der Waals surface area contributed by atoms with Crippen molar-refractivity contribution in [3.8, 4) is 5.75 Å². The highest BCUT2D eigenvalue weighted by molar-refractivity contribution is 7.89. The Kier molecular flexibility index (Phi) is 6.78. The van der Waals surface area contributed by atoms with Gasteiger partial charge in [-0.2, -0.15) is 4.31 Å². The highest BCUT2D eigenvalue weighted by atomic mass is 32.2. The summed E-state index contributed by atoms with van der Waals surface area (Å²) in [5, 5.41) is 0.924. The molecule has 0 saturated carbocycles. The molecule has 35 heavy (non-hydrogen) atoms. The van der Waals surface area contributed by atoms with Crippen LogP contribution in [0.3, 0.4) is 0 Å². The number of morpholine rings is 2. The van der Waals surface area contributed by atoms with E-state index in [0.717, 1.165) is 28.4 Å². The molecule has 2 aliphatic heterocycles. The first-order valence-electron chi connectivity index (χ1n) is 11.5. The Morgan fingerprint density at radius 1 is 1.06 bits per heavy atom. The third-order valence-electron chi connectivity index (χ3n) is 5.95. The molecule has 2 atom stereocenters. The fourth-order valence-corrected chi connectivity index (χ4v) is 6.89. The normalized spacial score (nSPS) is 21.8. The van der Waals surface area contributed by atoms with Crippen LogP contribution in [0, 0.1) is 0 Å². The first kappa shape index (κ1) is 24.1. The molecule has 0 N–H and O–H groups in total. The number of hydrogen-bond acceptors (Lipinski definition) is 9. The minimum atomic E-state index is -3.68. The number of nitrogens with zero attached hydrogens (tertiary/aromatic N) is 3. The van der Waals surface area contributed by atoms with E-state index in [0.29, 0.717) is 32.1 Å². The van der Waals surface area contributed by atoms with E-state index in [1.54, 1.807) is 23.5 Å². The second-order valence-corrected chi connectivity index (χ2v) is 11.7. The van der Waals surface area contributed by atoms with Gasteiger partial charge in [0.05, 0.1) is 46.1 Å². The van der Waals surface area contributed by atoms with Crippen molar-refractivity contribution < 1.29 is 27.4 Å². The zero-order valence-corrected chi connectivity index (χ0v) is 21.2. The summed E-state index contributed by atoms with van der Waals surface area (Å²) >= 11 is 1.55. The number of aromatic nitrogens is 1. The highest BCUT2D eigenvalue weighted by Crippen LogP contribution is 2.32. The molecule has 0 spiro atoms. The van der Waals surface area contributed by atoms with Crippen molar-refractivity contribution in [3.05, 3.63) is 48.0 Å². The van der Waals surface area contributed by atoms with Gasteiger partial charge in [0.15, 0.2) is 5.13 Å². The minimum Gasteiger partial charge on any atom is -0.423 e. The molecule has 0 bridgehead atoms. The number of thiazole rings is 1. The number of rotatable bonds is 5. The Balaban J connectivity index is 1.28. The van der Waals surface area contributed by atoms with Gasteiger partial charge < -0.3 is 19.1 Å². The lowest BCUT2D eigenvalue weighted by molar-refractivity contribution is -0.0440. The maximum Gasteiger partial charge on any atom is 0.343 e. The van der Waals surface area contributed by atoms with Gasteiger partial charge in [0.25, 0.3) is 0 Å². The largest absolute Gasteiger partial charge is 0.423 e. The summed E-state index contributed by atoms with van der Waals surface area (Å²) < 4.78 is 45.0. The average Bonchev–Trinajstić information content (AvgIpc) is 3.27. The van der Waals surface area contributed by atoms with E-state index in [-0.39, 0.29) is 22.7 Å². The Hall–Kier alpha value is -2.57. The maximum atomic E-state index is 13.0. The number of fused-ring (bicyclic) bond motifs is 1. The van der Waals surface area contributed by atoms with Gasteiger partial charge in [0.1, 0.15) is 5.75 Å². The van der Waals surface area contributed by atoms with Crippen molar-refractivity contribution in [2.75, 3.05) is 44.3 Å². The van der Waals surface area contributed by atoms with E-state index in [9.17, 15) is 13.2 Å². The zero-order valence-electron chi connectivity index (χ0n) is 19.5. The molecule has 5 rings (SSSR count). The minimum absolute atomic E-state index is 0.136. The van der Waals surface area contributed by atoms with Crippen molar-refractivity contribution in [1.82, 2.24) is 9.29 Å². The molecule has 2 aromatic carbocycles. The molecular formula is C24H27N3O6S2. The van der Waals surface area contributed by atoms with Gasteiger partial charge in [-0.3, -0.25) is 0 Å². The lowest BCUT2D eigenvalue weighted by atomic mass is 10.2. The predicted octanol–water partition coefficient (Wildman–Crippen LogP) is 3.15. The fraction of sp³-hybridized carbons (Fsp3) is 0.417. The molecule has 2 saturated heterocycles. The summed E-state index contributed by atoms with van der Waals surface area (Å²) in [5.41, 5.74) is 1.11. The molecule has 2 fully saturated rings. The number of carbonyl (C=O) groups is 1. The van der Waals surface area contributed by atoms with E-state index in [4.69, 9.17) is 14.2 Å². The molecule has 1 aromatic heterocycles. The first-order chi connectivity index (χ1) is 16.8. The van der Waals surface area contributed by atoms with Gasteiger partial charge in [-0.15, -0.1) is 0 Å². The fourth-order valence-electron chi connectivity index (χ4n) is 4.25. The van der Waals surface area contributed by atoms with Crippen LogP contribution in [0.5, 0.6) is 5.75 Å². The number of hydrogen-bond donors (Lipinski definition) is 0. The van der Waals surface area contributed by atoms with Crippen LogP contribution in [0.25, 0.3) is 10.2 Å². The lowest BCUT2D eigenvalue weighted by Gasteiger charge is -2.34. The number of esters is 1. The second-order valence-electron chi connectivity index (χ2n) is 8.72. The second kappa shape index (κ2) is 9.82. The number of ether oxygens (including phenoxy) is 3. The SMILES string of the molecule is CC1CN(S(=O)(=O)c2ccc(C(=O)Oc3ccc4nc(N5CCOCC5)sc4c3)cc2)CC(C)O1. The van der Waals surface area contributed by atoms with Crippen LogP contribution < -0.4 is 9.64 Å². The average molecular weight is 518 g/mol. The molecule has 2 aliphatic rings. The molecule has 3 heterocycles. The topological polar surface area (TPSA) is 98.3 Å². The molecule has 9 nitrogen and oxygen atoms in total. The number of anilines is 1. The summed E-state index contributed by atoms with van der Waals surface area (Å²) in [4.78, 5) is 19.7. The van der Waals surface area contributed by atoms with Crippen LogP contribution >= 0.6 is 11.3 Å². The van der Waals surface area contributed by atoms with Crippen LogP contribution in [0.1, 0.15) is 24.2 Å². The highest BCUT2D eigenvalue weighted by Gasteiger charge is 2.32. The van der Waals surface area contributed by atoms with Crippen LogP contribution in [0.4, 0.5) is 5.13 Å². The number of sulfonamides is 1. The summed E-state index contributed by atoms with van der Waals surface area (Å²) in [5.74, 6) is -0.146. The Bertz CT molecular complexity index is 1310. The standard InChI is InChI=1S/C24H27N3O6S2/c1-16-14-27(15-17(2)32-16)35(29,30)20-6-3-18(4-7-20)23(28)33-19-5-8-21-22(13-19)34-24(25-21)26-9-11-31-12-10-26/h3-8,13,16-17H,9-12,14-15H2,1-2H3. The van der Waals surface area contributed by atoms with Crippen molar-refractivity contribution >= 4 is 42.7 Å². The molecule has 11 heteroatoms. The van der Waals surface area contributed by atoms with Gasteiger partial charge in [0.2, 0.25) is 10.0 Å². The van der Waals surface area contributed by atoms with E-state index >= 15 is 0 Å². The van der Waals surface area contributed by atoms with Crippen molar-refractivity contribution in [2.45, 2.75) is 31.0 Å². The van der Waals surface area contributed by atoms with Gasteiger partial charge >= 0.3 is 5.97 Å². The number of carbonyl (C=O) groups excluding carboxylic acids is 1. The third-order valence-corrected chi connectivity index (χ3v) is 8.88. The summed E-state index contributed by atoms with van der Waals surface area (Å²) in [6.07, 6.45) is -0.354. The molecule has 0 radical (unpaired) electrons. The lowest BCUT2D eigenvalue weighted by Crippen LogP contribution is -2.48. The van der Waals surface area contributed by atoms with E-state index in [2.05, 4.69) is 9.88 Å². The Labute approximate surface area is 208 Å². The van der Waals surface area contributed by atoms with Crippen LogP contribution in [0.15, 0.2) is 47.4 Å². The molecule has 186 valence electrons. The molecule has 2 unspecified atom stereocenters. The van der Waals surface area contributed by atoms with Gasteiger partial charge in [-0.05, 0) is 50.2 Å². The van der Waals surface area contributed by atoms with Gasteiger partial charge in [-0.25, -0.2) is 18.2 Å². The maximum absolute atomic E-state index is 13.0. The summed E-state index contributed by atoms with van der Waals surface area (Å²) in [7, 11) is -3.68. The van der Waals surface area contributed by atoms with Crippen LogP contribution in [0.2, 0.25) is 0 Å². The zero-order chi connectivity index (χ0) is 24.6. The quantitative estimate of drug-likeness (QED) is 0.376. The van der Waals surface area contributed by atoms with E-state index in [1.807, 2.05) is 19.9 Å². The Morgan fingerprint density at radius 2 is 1.74 bits per heavy atom. The predicted molar refractivity (Wildman–Crippen MR) is 133 cm³/mol. The van der Waals surface area contributed by atoms with Crippen LogP contribution in [-0.2, 0) is 19.5 Å². The van der Waals surface area contributed by atoms with Gasteiger partial charge in [-0.1, -0.05) is 11.3 Å². The van der Waals surface area contributed by atoms with Crippen molar-refractivity contribution in [3.63, 3.8) is 0 Å². The van der Waals surface area contributed by atoms with Crippen LogP contribution in [-0.4, -0.2) is 75.3 Å². The van der Waals surface area contributed by atoms with Crippen molar-refractivity contribution in [2.24, 2.45) is 0 Å².